The van der Waals surface area contributed by atoms with Gasteiger partial charge in [-0.05, 0) is 49.3 Å². The summed E-state index contributed by atoms with van der Waals surface area (Å²) in [4.78, 5) is 4.33. The second kappa shape index (κ2) is 9.14. The van der Waals surface area contributed by atoms with Crippen molar-refractivity contribution in [1.82, 2.24) is 0 Å². The van der Waals surface area contributed by atoms with Crippen molar-refractivity contribution in [1.29, 1.82) is 0 Å². The lowest BCUT2D eigenvalue weighted by Gasteiger charge is -2.40. The number of thiophene rings is 2. The van der Waals surface area contributed by atoms with Crippen LogP contribution in [-0.2, 0) is 15.9 Å². The summed E-state index contributed by atoms with van der Waals surface area (Å²) in [7, 11) is 0. The van der Waals surface area contributed by atoms with Crippen molar-refractivity contribution in [2.45, 2.75) is 45.4 Å². The van der Waals surface area contributed by atoms with Gasteiger partial charge in [0.25, 0.3) is 0 Å². The summed E-state index contributed by atoms with van der Waals surface area (Å²) >= 11 is 3.78. The van der Waals surface area contributed by atoms with Crippen LogP contribution in [0, 0.1) is 5.41 Å². The number of hydrogen-bond acceptors (Lipinski definition) is 4. The van der Waals surface area contributed by atoms with Gasteiger partial charge < -0.3 is 9.47 Å². The van der Waals surface area contributed by atoms with Gasteiger partial charge >= 0.3 is 0 Å². The Hall–Kier alpha value is -0.680. The van der Waals surface area contributed by atoms with Crippen molar-refractivity contribution in [2.24, 2.45) is 5.41 Å². The van der Waals surface area contributed by atoms with Crippen molar-refractivity contribution < 1.29 is 9.47 Å². The maximum atomic E-state index is 5.86. The molecule has 24 heavy (non-hydrogen) atoms. The molecule has 4 heteroatoms. The predicted molar refractivity (Wildman–Crippen MR) is 104 cm³/mol. The molecule has 0 aromatic carbocycles. The van der Waals surface area contributed by atoms with E-state index in [0.29, 0.717) is 5.41 Å². The van der Waals surface area contributed by atoms with Crippen LogP contribution in [0.4, 0.5) is 0 Å². The fraction of sp³-hybridized carbons (Fsp3) is 0.600. The van der Waals surface area contributed by atoms with E-state index in [0.717, 1.165) is 26.4 Å². The highest BCUT2D eigenvalue weighted by atomic mass is 32.1. The molecule has 0 saturated carbocycles. The van der Waals surface area contributed by atoms with E-state index < -0.39 is 0 Å². The average molecular weight is 365 g/mol. The van der Waals surface area contributed by atoms with Crippen molar-refractivity contribution in [3.63, 3.8) is 0 Å². The van der Waals surface area contributed by atoms with Gasteiger partial charge in [0.15, 0.2) is 0 Å². The minimum absolute atomic E-state index is 0.333. The summed E-state index contributed by atoms with van der Waals surface area (Å²) in [6.45, 7) is 5.79. The molecular formula is C20H28O2S2. The third-order valence-electron chi connectivity index (χ3n) is 4.86. The van der Waals surface area contributed by atoms with Gasteiger partial charge in [-0.15, -0.1) is 22.7 Å². The Morgan fingerprint density at radius 2 is 1.96 bits per heavy atom. The smallest absolute Gasteiger partial charge is 0.0566 e. The van der Waals surface area contributed by atoms with Gasteiger partial charge in [-0.3, -0.25) is 0 Å². The molecule has 1 aliphatic heterocycles. The number of rotatable bonds is 11. The highest BCUT2D eigenvalue weighted by molar-refractivity contribution is 7.21. The molecule has 0 unspecified atom stereocenters. The highest BCUT2D eigenvalue weighted by Gasteiger charge is 2.36. The van der Waals surface area contributed by atoms with Crippen LogP contribution < -0.4 is 0 Å². The molecule has 3 rings (SSSR count). The topological polar surface area (TPSA) is 18.5 Å². The molecule has 0 radical (unpaired) electrons. The Balaban J connectivity index is 1.23. The molecule has 0 N–H and O–H groups in total. The van der Waals surface area contributed by atoms with Gasteiger partial charge in [-0.25, -0.2) is 0 Å². The molecule has 1 saturated heterocycles. The average Bonchev–Trinajstić information content (AvgIpc) is 3.23. The fourth-order valence-corrected chi connectivity index (χ4v) is 4.87. The molecule has 2 nitrogen and oxygen atoms in total. The summed E-state index contributed by atoms with van der Waals surface area (Å²) < 4.78 is 11.2. The van der Waals surface area contributed by atoms with Crippen molar-refractivity contribution in [2.75, 3.05) is 26.4 Å². The van der Waals surface area contributed by atoms with Crippen LogP contribution in [0.3, 0.4) is 0 Å². The first kappa shape index (κ1) is 18.1. The Labute approximate surface area is 153 Å². The molecule has 2 aromatic heterocycles. The first-order chi connectivity index (χ1) is 11.8. The molecule has 0 bridgehead atoms. The lowest BCUT2D eigenvalue weighted by Crippen LogP contribution is -2.45. The van der Waals surface area contributed by atoms with Crippen LogP contribution in [0.1, 0.15) is 43.9 Å². The van der Waals surface area contributed by atoms with Crippen LogP contribution in [0.5, 0.6) is 0 Å². The van der Waals surface area contributed by atoms with E-state index in [1.165, 1.54) is 53.2 Å². The number of aryl methyl sites for hydroxylation is 1. The molecule has 2 aromatic rings. The van der Waals surface area contributed by atoms with Crippen molar-refractivity contribution in [3.8, 4) is 9.75 Å². The maximum absolute atomic E-state index is 5.86. The summed E-state index contributed by atoms with van der Waals surface area (Å²) in [6, 6.07) is 8.90. The first-order valence-electron chi connectivity index (χ1n) is 9.09. The molecular weight excluding hydrogens is 336 g/mol. The largest absolute Gasteiger partial charge is 0.381 e. The summed E-state index contributed by atoms with van der Waals surface area (Å²) in [5.41, 5.74) is 0.333. The van der Waals surface area contributed by atoms with Crippen LogP contribution >= 0.6 is 22.7 Å². The van der Waals surface area contributed by atoms with E-state index >= 15 is 0 Å². The zero-order valence-electron chi connectivity index (χ0n) is 14.6. The number of unbranched alkanes of at least 4 members (excludes halogenated alkanes) is 3. The molecule has 0 spiro atoms. The standard InChI is InChI=1S/C20H28O2S2/c1-2-20(15-22-16-20)14-21-12-6-4-3-5-8-17-10-11-19(24-17)18-9-7-13-23-18/h7,9-11,13H,2-6,8,12,14-16H2,1H3. The van der Waals surface area contributed by atoms with Gasteiger partial charge in [0.2, 0.25) is 0 Å². The van der Waals surface area contributed by atoms with Gasteiger partial charge in [0.05, 0.1) is 19.8 Å². The highest BCUT2D eigenvalue weighted by Crippen LogP contribution is 2.32. The zero-order valence-corrected chi connectivity index (χ0v) is 16.2. The summed E-state index contributed by atoms with van der Waals surface area (Å²) in [5, 5.41) is 2.15. The molecule has 3 heterocycles. The Morgan fingerprint density at radius 3 is 2.67 bits per heavy atom. The quantitative estimate of drug-likeness (QED) is 0.454. The second-order valence-electron chi connectivity index (χ2n) is 6.81. The minimum atomic E-state index is 0.333. The van der Waals surface area contributed by atoms with E-state index in [1.807, 2.05) is 22.7 Å². The molecule has 0 amide bonds. The molecule has 0 atom stereocenters. The summed E-state index contributed by atoms with van der Waals surface area (Å²) in [6.07, 6.45) is 7.44. The molecule has 1 fully saturated rings. The SMILES string of the molecule is CCC1(COCCCCCCc2ccc(-c3cccs3)s2)COC1. The third kappa shape index (κ3) is 4.92. The Bertz CT molecular complexity index is 579. The minimum Gasteiger partial charge on any atom is -0.381 e. The van der Waals surface area contributed by atoms with Gasteiger partial charge in [0.1, 0.15) is 0 Å². The van der Waals surface area contributed by atoms with Crippen LogP contribution in [-0.4, -0.2) is 26.4 Å². The van der Waals surface area contributed by atoms with E-state index in [-0.39, 0.29) is 0 Å². The number of hydrogen-bond donors (Lipinski definition) is 0. The zero-order chi connectivity index (χ0) is 16.7. The van der Waals surface area contributed by atoms with Gasteiger partial charge in [0, 0.05) is 26.7 Å². The van der Waals surface area contributed by atoms with Gasteiger partial charge in [-0.2, -0.15) is 0 Å². The molecule has 0 aliphatic carbocycles. The van der Waals surface area contributed by atoms with Crippen molar-refractivity contribution in [3.05, 3.63) is 34.5 Å². The van der Waals surface area contributed by atoms with E-state index in [1.54, 1.807) is 0 Å². The first-order valence-corrected chi connectivity index (χ1v) is 10.8. The van der Waals surface area contributed by atoms with Gasteiger partial charge in [-0.1, -0.05) is 25.8 Å². The molecule has 132 valence electrons. The van der Waals surface area contributed by atoms with Crippen LogP contribution in [0.2, 0.25) is 0 Å². The number of ether oxygens (including phenoxy) is 2. The second-order valence-corrected chi connectivity index (χ2v) is 8.92. The third-order valence-corrected chi connectivity index (χ3v) is 7.07. The van der Waals surface area contributed by atoms with Crippen LogP contribution in [0.15, 0.2) is 29.6 Å². The van der Waals surface area contributed by atoms with Crippen LogP contribution in [0.25, 0.3) is 9.75 Å². The Morgan fingerprint density at radius 1 is 1.08 bits per heavy atom. The van der Waals surface area contributed by atoms with E-state index in [4.69, 9.17) is 9.47 Å². The monoisotopic (exact) mass is 364 g/mol. The van der Waals surface area contributed by atoms with E-state index in [9.17, 15) is 0 Å². The van der Waals surface area contributed by atoms with Crippen molar-refractivity contribution >= 4 is 22.7 Å². The molecule has 1 aliphatic rings. The Kier molecular flexibility index (Phi) is 6.90. The normalized spacial score (nSPS) is 16.2. The predicted octanol–water partition coefficient (Wildman–Crippen LogP) is 6.02. The summed E-state index contributed by atoms with van der Waals surface area (Å²) in [5.74, 6) is 0. The lowest BCUT2D eigenvalue weighted by atomic mass is 9.84. The lowest BCUT2D eigenvalue weighted by molar-refractivity contribution is -0.150. The fourth-order valence-electron chi connectivity index (χ4n) is 2.99. The maximum Gasteiger partial charge on any atom is 0.0566 e. The van der Waals surface area contributed by atoms with E-state index in [2.05, 4.69) is 36.6 Å².